The molecular weight excluding hydrogens is 346 g/mol. The number of hydrogen-bond donors (Lipinski definition) is 0. The molecule has 0 radical (unpaired) electrons. The fourth-order valence-corrected chi connectivity index (χ4v) is 4.80. The van der Waals surface area contributed by atoms with Crippen LogP contribution in [0, 0.1) is 16.7 Å². The molecular formula is C24H29N3O. The molecule has 4 rings (SSSR count). The molecule has 2 saturated heterocycles. The van der Waals surface area contributed by atoms with Gasteiger partial charge in [-0.1, -0.05) is 30.3 Å². The van der Waals surface area contributed by atoms with Gasteiger partial charge >= 0.3 is 0 Å². The van der Waals surface area contributed by atoms with Gasteiger partial charge in [-0.2, -0.15) is 5.26 Å². The first kappa shape index (κ1) is 19.0. The second-order valence-electron chi connectivity index (χ2n) is 8.31. The van der Waals surface area contributed by atoms with Gasteiger partial charge in [-0.05, 0) is 67.6 Å². The Morgan fingerprint density at radius 1 is 0.964 bits per heavy atom. The van der Waals surface area contributed by atoms with Crippen LogP contribution in [0.25, 0.3) is 0 Å². The van der Waals surface area contributed by atoms with E-state index in [2.05, 4.69) is 21.9 Å². The number of rotatable bonds is 6. The van der Waals surface area contributed by atoms with E-state index in [9.17, 15) is 0 Å². The zero-order valence-electron chi connectivity index (χ0n) is 16.5. The quantitative estimate of drug-likeness (QED) is 0.767. The van der Waals surface area contributed by atoms with Crippen LogP contribution in [0.5, 0.6) is 5.75 Å². The smallest absolute Gasteiger partial charge is 0.119 e. The van der Waals surface area contributed by atoms with E-state index in [1.54, 1.807) is 0 Å². The molecule has 2 aliphatic heterocycles. The van der Waals surface area contributed by atoms with Crippen molar-refractivity contribution in [3.63, 3.8) is 0 Å². The molecule has 0 aromatic heterocycles. The van der Waals surface area contributed by atoms with Crippen LogP contribution in [0.2, 0.25) is 0 Å². The Labute approximate surface area is 168 Å². The molecule has 0 amide bonds. The van der Waals surface area contributed by atoms with Crippen LogP contribution < -0.4 is 4.74 Å². The van der Waals surface area contributed by atoms with Gasteiger partial charge in [0.1, 0.15) is 12.4 Å². The predicted molar refractivity (Wildman–Crippen MR) is 111 cm³/mol. The van der Waals surface area contributed by atoms with Crippen LogP contribution in [0.4, 0.5) is 0 Å². The monoisotopic (exact) mass is 375 g/mol. The van der Waals surface area contributed by atoms with Crippen molar-refractivity contribution >= 4 is 0 Å². The summed E-state index contributed by atoms with van der Waals surface area (Å²) >= 11 is 0. The van der Waals surface area contributed by atoms with Gasteiger partial charge in [0.2, 0.25) is 0 Å². The van der Waals surface area contributed by atoms with Gasteiger partial charge in [-0.15, -0.1) is 0 Å². The molecule has 2 aliphatic rings. The van der Waals surface area contributed by atoms with Crippen molar-refractivity contribution in [3.8, 4) is 11.8 Å². The lowest BCUT2D eigenvalue weighted by Gasteiger charge is -2.40. The van der Waals surface area contributed by atoms with E-state index in [0.717, 1.165) is 37.6 Å². The molecule has 2 fully saturated rings. The van der Waals surface area contributed by atoms with Crippen molar-refractivity contribution in [3.05, 3.63) is 65.7 Å². The van der Waals surface area contributed by atoms with E-state index < -0.39 is 0 Å². The molecule has 1 spiro atoms. The lowest BCUT2D eigenvalue weighted by Crippen LogP contribution is -2.46. The fourth-order valence-electron chi connectivity index (χ4n) is 4.80. The Morgan fingerprint density at radius 3 is 2.68 bits per heavy atom. The molecule has 28 heavy (non-hydrogen) atoms. The predicted octanol–water partition coefficient (Wildman–Crippen LogP) is 3.93. The average molecular weight is 376 g/mol. The Bertz CT molecular complexity index is 816. The van der Waals surface area contributed by atoms with Crippen molar-refractivity contribution in [1.82, 2.24) is 9.80 Å². The lowest BCUT2D eigenvalue weighted by molar-refractivity contribution is 0.0805. The Kier molecular flexibility index (Phi) is 5.95. The molecule has 4 nitrogen and oxygen atoms in total. The molecule has 1 atom stereocenters. The molecule has 2 aromatic rings. The van der Waals surface area contributed by atoms with Gasteiger partial charge in [0, 0.05) is 26.2 Å². The maximum absolute atomic E-state index is 9.12. The second kappa shape index (κ2) is 8.77. The molecule has 1 unspecified atom stereocenters. The van der Waals surface area contributed by atoms with Crippen LogP contribution in [0.1, 0.15) is 30.4 Å². The third kappa shape index (κ3) is 4.73. The van der Waals surface area contributed by atoms with Gasteiger partial charge in [-0.3, -0.25) is 9.80 Å². The number of hydrogen-bond acceptors (Lipinski definition) is 4. The molecule has 0 N–H and O–H groups in total. The minimum absolute atomic E-state index is 0.428. The van der Waals surface area contributed by atoms with E-state index in [0.29, 0.717) is 5.41 Å². The maximum atomic E-state index is 9.12. The summed E-state index contributed by atoms with van der Waals surface area (Å²) in [6.45, 7) is 7.40. The maximum Gasteiger partial charge on any atom is 0.119 e. The number of nitriles is 1. The molecule has 0 aliphatic carbocycles. The number of para-hydroxylation sites is 1. The number of piperidine rings is 1. The van der Waals surface area contributed by atoms with Gasteiger partial charge in [0.25, 0.3) is 0 Å². The third-order valence-corrected chi connectivity index (χ3v) is 6.14. The summed E-state index contributed by atoms with van der Waals surface area (Å²) in [7, 11) is 0. The summed E-state index contributed by atoms with van der Waals surface area (Å²) in [4.78, 5) is 5.16. The lowest BCUT2D eigenvalue weighted by atomic mass is 9.79. The minimum Gasteiger partial charge on any atom is -0.492 e. The van der Waals surface area contributed by atoms with E-state index >= 15 is 0 Å². The van der Waals surface area contributed by atoms with Crippen LogP contribution in [0.3, 0.4) is 0 Å². The third-order valence-electron chi connectivity index (χ3n) is 6.14. The van der Waals surface area contributed by atoms with Crippen LogP contribution in [-0.4, -0.2) is 49.1 Å². The average Bonchev–Trinajstić information content (AvgIpc) is 3.10. The SMILES string of the molecule is N#Cc1cccc(CN2CCC3(CCCN(CCOc4ccccc4)C3)C2)c1. The van der Waals surface area contributed by atoms with Gasteiger partial charge < -0.3 is 4.74 Å². The first-order valence-corrected chi connectivity index (χ1v) is 10.4. The first-order valence-electron chi connectivity index (χ1n) is 10.4. The van der Waals surface area contributed by atoms with E-state index in [-0.39, 0.29) is 0 Å². The highest BCUT2D eigenvalue weighted by Gasteiger charge is 2.41. The zero-order valence-corrected chi connectivity index (χ0v) is 16.5. The Morgan fingerprint density at radius 2 is 1.82 bits per heavy atom. The van der Waals surface area contributed by atoms with E-state index in [4.69, 9.17) is 10.00 Å². The Balaban J connectivity index is 1.28. The van der Waals surface area contributed by atoms with Gasteiger partial charge in [0.15, 0.2) is 0 Å². The topological polar surface area (TPSA) is 39.5 Å². The molecule has 0 bridgehead atoms. The molecule has 4 heteroatoms. The summed E-state index contributed by atoms with van der Waals surface area (Å²) < 4.78 is 5.90. The molecule has 2 heterocycles. The highest BCUT2D eigenvalue weighted by molar-refractivity contribution is 5.32. The number of nitrogens with zero attached hydrogens (tertiary/aromatic N) is 3. The van der Waals surface area contributed by atoms with Crippen LogP contribution in [-0.2, 0) is 6.54 Å². The highest BCUT2D eigenvalue weighted by Crippen LogP contribution is 2.39. The minimum atomic E-state index is 0.428. The van der Waals surface area contributed by atoms with E-state index in [1.165, 1.54) is 44.5 Å². The van der Waals surface area contributed by atoms with Gasteiger partial charge in [0.05, 0.1) is 11.6 Å². The van der Waals surface area contributed by atoms with Crippen molar-refractivity contribution < 1.29 is 4.74 Å². The van der Waals surface area contributed by atoms with Crippen molar-refractivity contribution in [1.29, 1.82) is 5.26 Å². The molecule has 2 aromatic carbocycles. The highest BCUT2D eigenvalue weighted by atomic mass is 16.5. The van der Waals surface area contributed by atoms with Crippen molar-refractivity contribution in [2.24, 2.45) is 5.41 Å². The normalized spacial score (nSPS) is 23.0. The second-order valence-corrected chi connectivity index (χ2v) is 8.31. The van der Waals surface area contributed by atoms with Crippen LogP contribution >= 0.6 is 0 Å². The summed E-state index contributed by atoms with van der Waals surface area (Å²) in [6, 6.07) is 20.4. The first-order chi connectivity index (χ1) is 13.7. The zero-order chi connectivity index (χ0) is 19.2. The number of benzene rings is 2. The summed E-state index contributed by atoms with van der Waals surface area (Å²) in [5.41, 5.74) is 2.44. The number of likely N-dealkylation sites (tertiary alicyclic amines) is 2. The largest absolute Gasteiger partial charge is 0.492 e. The number of ether oxygens (including phenoxy) is 1. The van der Waals surface area contributed by atoms with Gasteiger partial charge in [-0.25, -0.2) is 0 Å². The van der Waals surface area contributed by atoms with Crippen molar-refractivity contribution in [2.45, 2.75) is 25.8 Å². The summed E-state index contributed by atoms with van der Waals surface area (Å²) in [6.07, 6.45) is 3.89. The van der Waals surface area contributed by atoms with Crippen LogP contribution in [0.15, 0.2) is 54.6 Å². The summed E-state index contributed by atoms with van der Waals surface area (Å²) in [5, 5.41) is 9.12. The van der Waals surface area contributed by atoms with Crippen molar-refractivity contribution in [2.75, 3.05) is 39.3 Å². The molecule has 0 saturated carbocycles. The summed E-state index contributed by atoms with van der Waals surface area (Å²) in [5.74, 6) is 0.959. The van der Waals surface area contributed by atoms with E-state index in [1.807, 2.05) is 48.5 Å². The Hall–Kier alpha value is -2.35. The standard InChI is InChI=1S/C24H29N3O/c25-17-21-6-4-7-22(16-21)18-27-13-11-24(20-27)10-5-12-26(19-24)14-15-28-23-8-2-1-3-9-23/h1-4,6-9,16H,5,10-15,18-20H2. The molecule has 146 valence electrons. The fraction of sp³-hybridized carbons (Fsp3) is 0.458.